The van der Waals surface area contributed by atoms with Gasteiger partial charge in [0.25, 0.3) is 11.8 Å². The quantitative estimate of drug-likeness (QED) is 0.152. The van der Waals surface area contributed by atoms with Crippen LogP contribution in [0.3, 0.4) is 0 Å². The Balaban J connectivity index is 1.77. The molecule has 0 bridgehead atoms. The van der Waals surface area contributed by atoms with Crippen molar-refractivity contribution in [2.24, 2.45) is 17.8 Å². The van der Waals surface area contributed by atoms with Crippen molar-refractivity contribution >= 4 is 40.9 Å². The van der Waals surface area contributed by atoms with Gasteiger partial charge in [0.15, 0.2) is 5.69 Å². The van der Waals surface area contributed by atoms with Gasteiger partial charge < -0.3 is 24.9 Å². The van der Waals surface area contributed by atoms with Gasteiger partial charge in [0.05, 0.1) is 25.8 Å². The molecule has 3 aromatic rings. The minimum atomic E-state index is -1.14. The second-order valence-electron chi connectivity index (χ2n) is 14.7. The van der Waals surface area contributed by atoms with Gasteiger partial charge in [-0.05, 0) is 61.1 Å². The van der Waals surface area contributed by atoms with Gasteiger partial charge >= 0.3 is 18.2 Å². The van der Waals surface area contributed by atoms with E-state index in [0.717, 1.165) is 48.1 Å². The molecule has 14 heteroatoms. The largest absolute Gasteiger partial charge is 0.453 e. The van der Waals surface area contributed by atoms with E-state index < -0.39 is 54.0 Å². The van der Waals surface area contributed by atoms with Crippen LogP contribution in [-0.2, 0) is 30.3 Å². The lowest BCUT2D eigenvalue weighted by Crippen LogP contribution is -2.60. The zero-order chi connectivity index (χ0) is 39.9. The zero-order valence-electron chi connectivity index (χ0n) is 32.8. The number of hydroxylamine groups is 2. The summed E-state index contributed by atoms with van der Waals surface area (Å²) in [5.41, 5.74) is 4.59. The van der Waals surface area contributed by atoms with Gasteiger partial charge in [0.2, 0.25) is 0 Å². The predicted molar refractivity (Wildman–Crippen MR) is 207 cm³/mol. The number of aromatic nitrogens is 1. The summed E-state index contributed by atoms with van der Waals surface area (Å²) in [5, 5.41) is 8.88. The van der Waals surface area contributed by atoms with Crippen molar-refractivity contribution in [3.05, 3.63) is 78.0 Å². The first-order valence-corrected chi connectivity index (χ1v) is 19.1. The van der Waals surface area contributed by atoms with Gasteiger partial charge in [-0.3, -0.25) is 15.0 Å². The zero-order valence-corrected chi connectivity index (χ0v) is 32.8. The Kier molecular flexibility index (Phi) is 16.2. The monoisotopic (exact) mass is 760 g/mol. The number of amides is 4. The summed E-state index contributed by atoms with van der Waals surface area (Å²) in [4.78, 5) is 78.0. The Labute approximate surface area is 323 Å². The minimum absolute atomic E-state index is 0.0126. The number of rotatable bonds is 16. The average molecular weight is 761 g/mol. The molecule has 3 N–H and O–H groups in total. The average Bonchev–Trinajstić information content (AvgIpc) is 3.19. The highest BCUT2D eigenvalue weighted by Gasteiger charge is 2.38. The molecular weight excluding hydrogens is 704 g/mol. The molecule has 298 valence electrons. The lowest BCUT2D eigenvalue weighted by atomic mass is 9.89. The van der Waals surface area contributed by atoms with Crippen molar-refractivity contribution in [3.8, 4) is 0 Å². The normalized spacial score (nSPS) is 14.9. The number of methoxy groups -OCH3 is 2. The van der Waals surface area contributed by atoms with Crippen LogP contribution < -0.4 is 16.1 Å². The molecule has 0 unspecified atom stereocenters. The number of aryl methyl sites for hydroxylation is 1. The van der Waals surface area contributed by atoms with E-state index in [1.165, 1.54) is 20.3 Å². The first kappa shape index (κ1) is 42.5. The van der Waals surface area contributed by atoms with Crippen molar-refractivity contribution in [3.63, 3.8) is 0 Å². The number of hydrogen-bond donors (Lipinski definition) is 3. The molecule has 1 aliphatic rings. The van der Waals surface area contributed by atoms with E-state index in [1.807, 2.05) is 62.4 Å². The third kappa shape index (κ3) is 12.7. The van der Waals surface area contributed by atoms with E-state index in [4.69, 9.17) is 14.3 Å². The summed E-state index contributed by atoms with van der Waals surface area (Å²) >= 11 is 0. The van der Waals surface area contributed by atoms with E-state index >= 15 is 0 Å². The van der Waals surface area contributed by atoms with E-state index in [9.17, 15) is 24.0 Å². The number of nitrogens with one attached hydrogen (secondary N) is 3. The molecule has 1 saturated carbocycles. The first-order valence-electron chi connectivity index (χ1n) is 19.1. The van der Waals surface area contributed by atoms with Crippen LogP contribution >= 0.6 is 0 Å². The summed E-state index contributed by atoms with van der Waals surface area (Å²) < 4.78 is 9.65. The van der Waals surface area contributed by atoms with Crippen molar-refractivity contribution in [1.29, 1.82) is 0 Å². The highest BCUT2D eigenvalue weighted by atomic mass is 16.7. The number of ether oxygens (including phenoxy) is 2. The van der Waals surface area contributed by atoms with Crippen molar-refractivity contribution in [1.82, 2.24) is 31.1 Å². The molecule has 55 heavy (non-hydrogen) atoms. The molecule has 1 fully saturated rings. The standard InChI is InChI=1S/C41H56N6O8/c1-27(2)35(43-40(51)53-5)37(48)45-46(25-30-17-11-8-12-18-30)26-32(23-21-29-15-9-7-10-16-29)47(38(49)36(28(3)4)44-41(52)54-6)55-39(50)34-24-22-31-19-13-14-20-33(31)42-34/h7,9-10,13-16,19-20,22,24,27-28,30,32,35-36H,8,11-12,17-18,21,23,25-26H2,1-6H3,(H,43,51)(H,44,52)(H,45,48)/t32-,35-,36-/m0/s1. The highest BCUT2D eigenvalue weighted by molar-refractivity contribution is 5.93. The third-order valence-corrected chi connectivity index (χ3v) is 9.85. The van der Waals surface area contributed by atoms with Gasteiger partial charge in [-0.1, -0.05) is 102 Å². The van der Waals surface area contributed by atoms with Crippen LogP contribution in [0.1, 0.15) is 82.3 Å². The number of alkyl carbamates (subject to hydrolysis) is 2. The molecule has 2 aromatic carbocycles. The first-order chi connectivity index (χ1) is 26.4. The Morgan fingerprint density at radius 2 is 1.40 bits per heavy atom. The topological polar surface area (TPSA) is 168 Å². The summed E-state index contributed by atoms with van der Waals surface area (Å²) in [6, 6.07) is 17.4. The summed E-state index contributed by atoms with van der Waals surface area (Å²) in [7, 11) is 2.44. The maximum atomic E-state index is 14.7. The fourth-order valence-corrected chi connectivity index (χ4v) is 6.76. The lowest BCUT2D eigenvalue weighted by molar-refractivity contribution is -0.184. The number of carbonyl (C=O) groups is 5. The smallest absolute Gasteiger partial charge is 0.407 e. The second-order valence-corrected chi connectivity index (χ2v) is 14.7. The Morgan fingerprint density at radius 1 is 0.782 bits per heavy atom. The Morgan fingerprint density at radius 3 is 2.04 bits per heavy atom. The fourth-order valence-electron chi connectivity index (χ4n) is 6.76. The fraction of sp³-hybridized carbons (Fsp3) is 0.512. The van der Waals surface area contributed by atoms with E-state index in [0.29, 0.717) is 24.9 Å². The Bertz CT molecular complexity index is 1730. The number of hydrogen-bond acceptors (Lipinski definition) is 10. The molecule has 1 heterocycles. The van der Waals surface area contributed by atoms with Crippen LogP contribution in [0.4, 0.5) is 9.59 Å². The van der Waals surface area contributed by atoms with Gasteiger partial charge in [-0.2, -0.15) is 5.06 Å². The summed E-state index contributed by atoms with van der Waals surface area (Å²) in [5.74, 6) is -2.48. The molecule has 4 amide bonds. The summed E-state index contributed by atoms with van der Waals surface area (Å²) in [6.07, 6.45) is 4.39. The SMILES string of the molecule is COC(=O)N[C@H](C(=O)NN(CC1CCCCC1)C[C@H](CCc1ccccc1)N(OC(=O)c1ccc2ccccc2n1)C(=O)[C@@H](NC(=O)OC)C(C)C)C(C)C. The molecule has 0 aliphatic heterocycles. The molecule has 0 saturated heterocycles. The predicted octanol–water partition coefficient (Wildman–Crippen LogP) is 5.81. The molecule has 3 atom stereocenters. The molecule has 0 spiro atoms. The van der Waals surface area contributed by atoms with E-state index in [1.54, 1.807) is 31.0 Å². The van der Waals surface area contributed by atoms with Crippen molar-refractivity contribution in [2.75, 3.05) is 27.3 Å². The number of hydrazine groups is 1. The molecular formula is C41H56N6O8. The number of nitrogens with zero attached hydrogens (tertiary/aromatic N) is 3. The summed E-state index contributed by atoms with van der Waals surface area (Å²) in [6.45, 7) is 7.65. The highest BCUT2D eigenvalue weighted by Crippen LogP contribution is 2.25. The van der Waals surface area contributed by atoms with Gasteiger partial charge in [0.1, 0.15) is 12.1 Å². The van der Waals surface area contributed by atoms with Crippen LogP contribution in [0.15, 0.2) is 66.7 Å². The number of carbonyl (C=O) groups excluding carboxylic acids is 5. The number of pyridine rings is 1. The molecule has 1 aliphatic carbocycles. The van der Waals surface area contributed by atoms with Crippen LogP contribution in [0.25, 0.3) is 10.9 Å². The molecule has 1 aromatic heterocycles. The van der Waals surface area contributed by atoms with Gasteiger partial charge in [-0.25, -0.2) is 24.4 Å². The van der Waals surface area contributed by atoms with Crippen molar-refractivity contribution in [2.45, 2.75) is 90.8 Å². The number of benzene rings is 2. The van der Waals surface area contributed by atoms with E-state index in [-0.39, 0.29) is 24.1 Å². The number of fused-ring (bicyclic) bond motifs is 1. The van der Waals surface area contributed by atoms with Crippen LogP contribution in [0.5, 0.6) is 0 Å². The maximum absolute atomic E-state index is 14.7. The minimum Gasteiger partial charge on any atom is -0.453 e. The van der Waals surface area contributed by atoms with Crippen LogP contribution in [-0.4, -0.2) is 90.5 Å². The molecule has 14 nitrogen and oxygen atoms in total. The Hall–Kier alpha value is -5.24. The molecule has 4 rings (SSSR count). The van der Waals surface area contributed by atoms with Gasteiger partial charge in [0, 0.05) is 18.5 Å². The second kappa shape index (κ2) is 21.0. The molecule has 0 radical (unpaired) electrons. The maximum Gasteiger partial charge on any atom is 0.407 e. The van der Waals surface area contributed by atoms with E-state index in [2.05, 4.69) is 21.0 Å². The van der Waals surface area contributed by atoms with Crippen molar-refractivity contribution < 1.29 is 38.3 Å². The van der Waals surface area contributed by atoms with Crippen LogP contribution in [0, 0.1) is 17.8 Å². The van der Waals surface area contributed by atoms with Crippen LogP contribution in [0.2, 0.25) is 0 Å². The van der Waals surface area contributed by atoms with Gasteiger partial charge in [-0.15, -0.1) is 0 Å². The number of para-hydroxylation sites is 1. The third-order valence-electron chi connectivity index (χ3n) is 9.85. The lowest BCUT2D eigenvalue weighted by Gasteiger charge is -2.38.